The molecule has 0 aromatic carbocycles. The predicted octanol–water partition coefficient (Wildman–Crippen LogP) is 1.90. The van der Waals surface area contributed by atoms with Crippen LogP contribution in [0.2, 0.25) is 0 Å². The maximum Gasteiger partial charge on any atom is 0.303 e. The topological polar surface area (TPSA) is 37.3 Å². The van der Waals surface area contributed by atoms with Gasteiger partial charge in [-0.25, -0.2) is 0 Å². The fourth-order valence-corrected chi connectivity index (χ4v) is 1.45. The van der Waals surface area contributed by atoms with Crippen molar-refractivity contribution >= 4 is 5.97 Å². The van der Waals surface area contributed by atoms with Crippen LogP contribution in [0.15, 0.2) is 0 Å². The first-order valence-electron chi connectivity index (χ1n) is 3.92. The summed E-state index contributed by atoms with van der Waals surface area (Å²) in [6.07, 6.45) is 4.14. The van der Waals surface area contributed by atoms with E-state index in [1.807, 2.05) is 6.92 Å². The van der Waals surface area contributed by atoms with Crippen LogP contribution in [0.5, 0.6) is 0 Å². The smallest absolute Gasteiger partial charge is 0.303 e. The van der Waals surface area contributed by atoms with E-state index in [0.29, 0.717) is 18.3 Å². The monoisotopic (exact) mass is 142 g/mol. The lowest BCUT2D eigenvalue weighted by Gasteiger charge is -2.30. The van der Waals surface area contributed by atoms with Gasteiger partial charge >= 0.3 is 5.97 Å². The predicted molar refractivity (Wildman–Crippen MR) is 38.8 cm³/mol. The quantitative estimate of drug-likeness (QED) is 0.653. The molecule has 1 atom stereocenters. The molecule has 0 bridgehead atoms. The van der Waals surface area contributed by atoms with E-state index in [0.717, 1.165) is 0 Å². The molecule has 0 aliphatic heterocycles. The largest absolute Gasteiger partial charge is 0.481 e. The van der Waals surface area contributed by atoms with Crippen molar-refractivity contribution in [1.29, 1.82) is 0 Å². The summed E-state index contributed by atoms with van der Waals surface area (Å²) in [5.41, 5.74) is 0. The van der Waals surface area contributed by atoms with Crippen molar-refractivity contribution in [2.24, 2.45) is 11.8 Å². The first kappa shape index (κ1) is 7.58. The highest BCUT2D eigenvalue weighted by molar-refractivity contribution is 5.67. The van der Waals surface area contributed by atoms with Gasteiger partial charge in [0.25, 0.3) is 0 Å². The third-order valence-corrected chi connectivity index (χ3v) is 2.45. The number of carbonyl (C=O) groups is 1. The zero-order chi connectivity index (χ0) is 7.56. The third kappa shape index (κ3) is 1.72. The zero-order valence-corrected chi connectivity index (χ0v) is 6.34. The van der Waals surface area contributed by atoms with Gasteiger partial charge in [0.05, 0.1) is 0 Å². The van der Waals surface area contributed by atoms with Gasteiger partial charge < -0.3 is 5.11 Å². The van der Waals surface area contributed by atoms with Gasteiger partial charge in [0.15, 0.2) is 0 Å². The molecule has 2 heteroatoms. The fraction of sp³-hybridized carbons (Fsp3) is 0.875. The van der Waals surface area contributed by atoms with Gasteiger partial charge in [0.1, 0.15) is 0 Å². The van der Waals surface area contributed by atoms with Crippen LogP contribution in [-0.2, 0) is 4.79 Å². The summed E-state index contributed by atoms with van der Waals surface area (Å²) in [7, 11) is 0. The highest BCUT2D eigenvalue weighted by Crippen LogP contribution is 2.34. The second-order valence-corrected chi connectivity index (χ2v) is 3.27. The van der Waals surface area contributed by atoms with Crippen LogP contribution in [0, 0.1) is 11.8 Å². The standard InChI is InChI=1S/C8H14O2/c1-6(5-8(9)10)7-3-2-4-7/h6-7H,2-5H2,1H3,(H,9,10)/t6-/m1/s1. The Hall–Kier alpha value is -0.530. The molecule has 0 spiro atoms. The number of aliphatic carboxylic acids is 1. The average Bonchev–Trinajstić information content (AvgIpc) is 1.55. The van der Waals surface area contributed by atoms with E-state index >= 15 is 0 Å². The summed E-state index contributed by atoms with van der Waals surface area (Å²) in [4.78, 5) is 10.3. The van der Waals surface area contributed by atoms with Crippen LogP contribution in [0.25, 0.3) is 0 Å². The fourth-order valence-electron chi connectivity index (χ4n) is 1.45. The second-order valence-electron chi connectivity index (χ2n) is 3.27. The van der Waals surface area contributed by atoms with E-state index in [1.54, 1.807) is 0 Å². The SMILES string of the molecule is C[C@H](CC(=O)O)C1CCC1. The molecule has 0 heterocycles. The summed E-state index contributed by atoms with van der Waals surface area (Å²) in [5.74, 6) is 0.446. The van der Waals surface area contributed by atoms with Crippen molar-refractivity contribution in [2.45, 2.75) is 32.6 Å². The maximum atomic E-state index is 10.3. The lowest BCUT2D eigenvalue weighted by atomic mass is 9.75. The van der Waals surface area contributed by atoms with Crippen LogP contribution in [0.3, 0.4) is 0 Å². The van der Waals surface area contributed by atoms with Gasteiger partial charge in [0, 0.05) is 6.42 Å². The number of hydrogen-bond donors (Lipinski definition) is 1. The van der Waals surface area contributed by atoms with Crippen molar-refractivity contribution in [3.8, 4) is 0 Å². The molecule has 1 rings (SSSR count). The lowest BCUT2D eigenvalue weighted by Crippen LogP contribution is -2.21. The third-order valence-electron chi connectivity index (χ3n) is 2.45. The van der Waals surface area contributed by atoms with Gasteiger partial charge in [-0.2, -0.15) is 0 Å². The van der Waals surface area contributed by atoms with Crippen molar-refractivity contribution in [3.05, 3.63) is 0 Å². The minimum atomic E-state index is -0.653. The molecule has 1 aliphatic rings. The molecule has 1 saturated carbocycles. The van der Waals surface area contributed by atoms with Gasteiger partial charge in [-0.15, -0.1) is 0 Å². The van der Waals surface area contributed by atoms with E-state index in [2.05, 4.69) is 0 Å². The Morgan fingerprint density at radius 2 is 2.30 bits per heavy atom. The summed E-state index contributed by atoms with van der Waals surface area (Å²) < 4.78 is 0. The molecule has 0 saturated heterocycles. The number of hydrogen-bond acceptors (Lipinski definition) is 1. The Bertz CT molecular complexity index is 127. The first-order chi connectivity index (χ1) is 4.70. The van der Waals surface area contributed by atoms with Crippen molar-refractivity contribution in [3.63, 3.8) is 0 Å². The molecule has 10 heavy (non-hydrogen) atoms. The minimum Gasteiger partial charge on any atom is -0.481 e. The molecular weight excluding hydrogens is 128 g/mol. The Morgan fingerprint density at radius 3 is 2.60 bits per heavy atom. The van der Waals surface area contributed by atoms with E-state index in [9.17, 15) is 4.79 Å². The first-order valence-corrected chi connectivity index (χ1v) is 3.92. The summed E-state index contributed by atoms with van der Waals surface area (Å²) in [6.45, 7) is 2.04. The van der Waals surface area contributed by atoms with Crippen LogP contribution in [-0.4, -0.2) is 11.1 Å². The Kier molecular flexibility index (Phi) is 2.30. The molecule has 0 aromatic heterocycles. The molecule has 0 unspecified atom stereocenters. The number of rotatable bonds is 3. The summed E-state index contributed by atoms with van der Waals surface area (Å²) in [5, 5.41) is 8.45. The Morgan fingerprint density at radius 1 is 1.70 bits per heavy atom. The molecule has 0 aromatic rings. The van der Waals surface area contributed by atoms with Crippen LogP contribution >= 0.6 is 0 Å². The van der Waals surface area contributed by atoms with E-state index in [1.165, 1.54) is 19.3 Å². The Labute approximate surface area is 61.2 Å². The number of carboxylic acids is 1. The normalized spacial score (nSPS) is 21.7. The van der Waals surface area contributed by atoms with E-state index in [4.69, 9.17) is 5.11 Å². The van der Waals surface area contributed by atoms with Gasteiger partial charge in [-0.3, -0.25) is 4.79 Å². The van der Waals surface area contributed by atoms with Crippen LogP contribution < -0.4 is 0 Å². The van der Waals surface area contributed by atoms with Crippen molar-refractivity contribution in [1.82, 2.24) is 0 Å². The van der Waals surface area contributed by atoms with Crippen LogP contribution in [0.1, 0.15) is 32.6 Å². The minimum absolute atomic E-state index is 0.352. The van der Waals surface area contributed by atoms with Gasteiger partial charge in [0.2, 0.25) is 0 Å². The molecule has 58 valence electrons. The van der Waals surface area contributed by atoms with E-state index in [-0.39, 0.29) is 0 Å². The summed E-state index contributed by atoms with van der Waals surface area (Å²) >= 11 is 0. The average molecular weight is 142 g/mol. The maximum absolute atomic E-state index is 10.3. The molecule has 1 aliphatic carbocycles. The van der Waals surface area contributed by atoms with E-state index < -0.39 is 5.97 Å². The molecule has 1 N–H and O–H groups in total. The number of carboxylic acid groups (broad SMARTS) is 1. The van der Waals surface area contributed by atoms with Crippen molar-refractivity contribution in [2.75, 3.05) is 0 Å². The highest BCUT2D eigenvalue weighted by atomic mass is 16.4. The highest BCUT2D eigenvalue weighted by Gasteiger charge is 2.24. The van der Waals surface area contributed by atoms with Crippen molar-refractivity contribution < 1.29 is 9.90 Å². The molecule has 0 amide bonds. The molecular formula is C8H14O2. The van der Waals surface area contributed by atoms with Gasteiger partial charge in [-0.1, -0.05) is 26.2 Å². The summed E-state index contributed by atoms with van der Waals surface area (Å²) in [6, 6.07) is 0. The van der Waals surface area contributed by atoms with Crippen LogP contribution in [0.4, 0.5) is 0 Å². The molecule has 0 radical (unpaired) electrons. The molecule has 1 fully saturated rings. The second kappa shape index (κ2) is 3.04. The Balaban J connectivity index is 2.19. The zero-order valence-electron chi connectivity index (χ0n) is 6.34. The lowest BCUT2D eigenvalue weighted by molar-refractivity contribution is -0.138. The van der Waals surface area contributed by atoms with Gasteiger partial charge in [-0.05, 0) is 11.8 Å². The molecule has 2 nitrogen and oxygen atoms in total.